The van der Waals surface area contributed by atoms with E-state index in [0.29, 0.717) is 40.7 Å². The Morgan fingerprint density at radius 2 is 1.51 bits per heavy atom. The van der Waals surface area contributed by atoms with Gasteiger partial charge in [-0.1, -0.05) is 98.8 Å². The van der Waals surface area contributed by atoms with E-state index in [0.717, 1.165) is 38.1 Å². The van der Waals surface area contributed by atoms with E-state index in [1.165, 1.54) is 37.8 Å². The van der Waals surface area contributed by atoms with Gasteiger partial charge in [0.25, 0.3) is 0 Å². The molecule has 0 aliphatic rings. The maximum Gasteiger partial charge on any atom is 0.248 e. The lowest BCUT2D eigenvalue weighted by Crippen LogP contribution is -2.29. The third-order valence-electron chi connectivity index (χ3n) is 8.67. The Bertz CT molecular complexity index is 1700. The first kappa shape index (κ1) is 34.1. The van der Waals surface area contributed by atoms with E-state index >= 15 is 0 Å². The van der Waals surface area contributed by atoms with Gasteiger partial charge in [-0.3, -0.25) is 9.69 Å². The van der Waals surface area contributed by atoms with Gasteiger partial charge in [-0.25, -0.2) is 4.98 Å². The molecule has 5 N–H and O–H groups in total. The van der Waals surface area contributed by atoms with Crippen molar-refractivity contribution in [3.05, 3.63) is 130 Å². The average molecular weight is 639 g/mol. The molecule has 0 amide bonds. The number of aromatic amines is 1. The number of pyridine rings is 1. The van der Waals surface area contributed by atoms with Gasteiger partial charge in [0, 0.05) is 18.0 Å². The molecule has 0 aliphatic heterocycles. The lowest BCUT2D eigenvalue weighted by atomic mass is 9.86. The van der Waals surface area contributed by atoms with E-state index in [2.05, 4.69) is 27.2 Å². The van der Waals surface area contributed by atoms with Crippen molar-refractivity contribution >= 4 is 10.9 Å². The number of unbranched alkanes of at least 4 members (excludes halogenated alkanes) is 6. The van der Waals surface area contributed by atoms with Crippen molar-refractivity contribution in [2.75, 3.05) is 26.7 Å². The lowest BCUT2D eigenvalue weighted by molar-refractivity contribution is 0.0900. The highest BCUT2D eigenvalue weighted by Gasteiger charge is 2.38. The number of phenols is 1. The molecule has 0 unspecified atom stereocenters. The highest BCUT2D eigenvalue weighted by atomic mass is 16.4. The zero-order valence-electron chi connectivity index (χ0n) is 27.1. The van der Waals surface area contributed by atoms with Crippen molar-refractivity contribution in [1.29, 1.82) is 0 Å². The molecule has 47 heavy (non-hydrogen) atoms. The number of aromatic nitrogens is 2. The van der Waals surface area contributed by atoms with Crippen molar-refractivity contribution in [3.63, 3.8) is 0 Å². The Kier molecular flexibility index (Phi) is 12.0. The maximum atomic E-state index is 11.9. The van der Waals surface area contributed by atoms with Gasteiger partial charge in [-0.15, -0.1) is 0 Å². The van der Waals surface area contributed by atoms with Crippen LogP contribution in [0.4, 0.5) is 0 Å². The van der Waals surface area contributed by atoms with Crippen molar-refractivity contribution in [3.8, 4) is 5.75 Å². The van der Waals surface area contributed by atoms with Crippen LogP contribution in [0, 0.1) is 0 Å². The number of benzene rings is 3. The summed E-state index contributed by atoms with van der Waals surface area (Å²) in [5, 5.41) is 36.6. The van der Waals surface area contributed by atoms with E-state index in [-0.39, 0.29) is 17.2 Å². The van der Waals surface area contributed by atoms with E-state index < -0.39 is 11.7 Å². The van der Waals surface area contributed by atoms with E-state index in [1.807, 2.05) is 60.7 Å². The summed E-state index contributed by atoms with van der Waals surface area (Å²) in [6.45, 7) is 2.81. The number of H-pyrrole nitrogens is 1. The first-order valence-electron chi connectivity index (χ1n) is 16.6. The van der Waals surface area contributed by atoms with Crippen LogP contribution in [0.5, 0.6) is 5.75 Å². The van der Waals surface area contributed by atoms with Gasteiger partial charge in [0.1, 0.15) is 11.5 Å². The van der Waals surface area contributed by atoms with E-state index in [9.17, 15) is 20.1 Å². The van der Waals surface area contributed by atoms with Gasteiger partial charge in [0.2, 0.25) is 11.4 Å². The number of nitrogens with one attached hydrogen (secondary N) is 2. The van der Waals surface area contributed by atoms with Crippen LogP contribution in [0.15, 0.2) is 100 Å². The predicted octanol–water partition coefficient (Wildman–Crippen LogP) is 5.99. The van der Waals surface area contributed by atoms with Gasteiger partial charge in [-0.2, -0.15) is 0 Å². The first-order valence-corrected chi connectivity index (χ1v) is 16.6. The lowest BCUT2D eigenvalue weighted by Gasteiger charge is -2.26. The van der Waals surface area contributed by atoms with Gasteiger partial charge in [-0.05, 0) is 61.8 Å². The van der Waals surface area contributed by atoms with Crippen molar-refractivity contribution in [2.45, 2.75) is 63.2 Å². The molecule has 0 radical (unpaired) electrons. The molecule has 9 heteroatoms. The minimum absolute atomic E-state index is 0.00733. The number of phenolic OH excluding ortho intramolecular Hbond substituents is 1. The van der Waals surface area contributed by atoms with Crippen LogP contribution in [0.2, 0.25) is 0 Å². The number of hydrogen-bond acceptors (Lipinski definition) is 8. The smallest absolute Gasteiger partial charge is 0.248 e. The highest BCUT2D eigenvalue weighted by Crippen LogP contribution is 2.36. The summed E-state index contributed by atoms with van der Waals surface area (Å²) in [5.41, 5.74) is 0.688. The van der Waals surface area contributed by atoms with Crippen molar-refractivity contribution in [2.24, 2.45) is 0 Å². The highest BCUT2D eigenvalue weighted by molar-refractivity contribution is 5.87. The molecule has 2 heterocycles. The molecule has 0 fully saturated rings. The summed E-state index contributed by atoms with van der Waals surface area (Å²) in [6, 6.07) is 25.3. The molecule has 0 saturated heterocycles. The quantitative estimate of drug-likeness (QED) is 0.0739. The summed E-state index contributed by atoms with van der Waals surface area (Å²) < 4.78 is 6.15. The van der Waals surface area contributed by atoms with E-state index in [1.54, 1.807) is 18.3 Å². The topological polar surface area (TPSA) is 135 Å². The molecule has 0 saturated carbocycles. The number of aliphatic hydroxyl groups is 2. The van der Waals surface area contributed by atoms with Gasteiger partial charge in [0.15, 0.2) is 5.60 Å². The Labute approximate surface area is 275 Å². The molecule has 0 aliphatic carbocycles. The summed E-state index contributed by atoms with van der Waals surface area (Å²) >= 11 is 0. The van der Waals surface area contributed by atoms with Crippen LogP contribution in [-0.4, -0.2) is 56.9 Å². The molecule has 5 rings (SSSR count). The number of rotatable bonds is 18. The van der Waals surface area contributed by atoms with Crippen LogP contribution in [0.3, 0.4) is 0 Å². The number of fused-ring (bicyclic) bond motifs is 1. The molecule has 0 spiro atoms. The number of aromatic hydroxyl groups is 1. The number of nitrogens with zero attached hydrogens (tertiary/aromatic N) is 2. The molecule has 248 valence electrons. The second-order valence-corrected chi connectivity index (χ2v) is 12.3. The molecule has 9 nitrogen and oxygen atoms in total. The standard InChI is InChI=1S/C38H46N4O5/c1-42(27-30-25-40-37(47-30)38(46,28-15-9-7-10-16-28)29-17-11-8-12-18-29)24-14-6-4-2-3-5-13-23-39-26-34(44)31-19-21-33(43)36-32(31)20-22-35(45)41-36/h7-12,15-22,25,34,39,43-44,46H,2-6,13-14,23-24,26-27H2,1H3,(H,41,45)/t34-/m0/s1. The molecule has 0 bridgehead atoms. The second kappa shape index (κ2) is 16.5. The van der Waals surface area contributed by atoms with Crippen LogP contribution < -0.4 is 10.9 Å². The van der Waals surface area contributed by atoms with Gasteiger partial charge in [0.05, 0.1) is 24.4 Å². The monoisotopic (exact) mass is 638 g/mol. The fourth-order valence-electron chi connectivity index (χ4n) is 6.08. The molecule has 5 aromatic rings. The molecule has 3 aromatic carbocycles. The summed E-state index contributed by atoms with van der Waals surface area (Å²) in [5.74, 6) is 0.989. The summed E-state index contributed by atoms with van der Waals surface area (Å²) in [4.78, 5) is 21.0. The maximum absolute atomic E-state index is 11.9. The Balaban J connectivity index is 0.958. The zero-order valence-corrected chi connectivity index (χ0v) is 27.1. The zero-order chi connectivity index (χ0) is 33.1. The van der Waals surface area contributed by atoms with Crippen LogP contribution in [0.25, 0.3) is 10.9 Å². The first-order chi connectivity index (χ1) is 22.9. The third kappa shape index (κ3) is 8.75. The fourth-order valence-corrected chi connectivity index (χ4v) is 6.08. The van der Waals surface area contributed by atoms with Crippen LogP contribution in [0.1, 0.15) is 79.4 Å². The van der Waals surface area contributed by atoms with Gasteiger partial charge < -0.3 is 30.0 Å². The minimum atomic E-state index is -1.47. The Hall–Kier alpha value is -4.28. The molecule has 1 atom stereocenters. The number of oxazole rings is 1. The van der Waals surface area contributed by atoms with E-state index in [4.69, 9.17) is 4.42 Å². The summed E-state index contributed by atoms with van der Waals surface area (Å²) in [6.07, 6.45) is 9.02. The Morgan fingerprint density at radius 3 is 2.19 bits per heavy atom. The molecular formula is C38H46N4O5. The average Bonchev–Trinajstić information content (AvgIpc) is 3.56. The molecular weight excluding hydrogens is 592 g/mol. The van der Waals surface area contributed by atoms with Crippen molar-refractivity contribution in [1.82, 2.24) is 20.2 Å². The number of aliphatic hydroxyl groups excluding tert-OH is 1. The van der Waals surface area contributed by atoms with Crippen LogP contribution in [-0.2, 0) is 12.1 Å². The van der Waals surface area contributed by atoms with Crippen LogP contribution >= 0.6 is 0 Å². The second-order valence-electron chi connectivity index (χ2n) is 12.3. The SMILES string of the molecule is CN(CCCCCCCCCNC[C@H](O)c1ccc(O)c2[nH]c(=O)ccc12)Cc1cnc(C(O)(c2ccccc2)c2ccccc2)o1. The Morgan fingerprint density at radius 1 is 0.872 bits per heavy atom. The summed E-state index contributed by atoms with van der Waals surface area (Å²) in [7, 11) is 2.08. The predicted molar refractivity (Wildman–Crippen MR) is 184 cm³/mol. The minimum Gasteiger partial charge on any atom is -0.506 e. The normalized spacial score (nSPS) is 12.6. The molecule has 2 aromatic heterocycles. The van der Waals surface area contributed by atoms with Gasteiger partial charge >= 0.3 is 0 Å². The fraction of sp³-hybridized carbons (Fsp3) is 0.368. The van der Waals surface area contributed by atoms with Crippen molar-refractivity contribution < 1.29 is 19.7 Å². The third-order valence-corrected chi connectivity index (χ3v) is 8.67. The largest absolute Gasteiger partial charge is 0.506 e. The number of hydrogen-bond donors (Lipinski definition) is 5.